The highest BCUT2D eigenvalue weighted by molar-refractivity contribution is 5.19. The Hall–Kier alpha value is -1.03. The summed E-state index contributed by atoms with van der Waals surface area (Å²) in [6, 6.07) is 2.07. The molecule has 1 aliphatic carbocycles. The summed E-state index contributed by atoms with van der Waals surface area (Å²) in [6.07, 6.45) is 3.71. The molecule has 1 aromatic rings. The maximum absolute atomic E-state index is 12.9. The van der Waals surface area contributed by atoms with E-state index in [1.807, 2.05) is 0 Å². The summed E-state index contributed by atoms with van der Waals surface area (Å²) in [5, 5.41) is 3.12. The second-order valence-electron chi connectivity index (χ2n) is 4.30. The molecule has 0 saturated heterocycles. The van der Waals surface area contributed by atoms with Gasteiger partial charge in [-0.25, -0.2) is 13.2 Å². The van der Waals surface area contributed by atoms with Gasteiger partial charge in [0, 0.05) is 6.54 Å². The van der Waals surface area contributed by atoms with Crippen molar-refractivity contribution in [3.8, 4) is 0 Å². The van der Waals surface area contributed by atoms with Gasteiger partial charge in [0.1, 0.15) is 0 Å². The smallest absolute Gasteiger partial charge is 0.194 e. The first-order chi connectivity index (χ1) is 7.66. The van der Waals surface area contributed by atoms with Crippen LogP contribution in [0.3, 0.4) is 0 Å². The molecule has 1 aromatic carbocycles. The van der Waals surface area contributed by atoms with Crippen LogP contribution in [-0.4, -0.2) is 6.54 Å². The van der Waals surface area contributed by atoms with Gasteiger partial charge in [-0.1, -0.05) is 6.42 Å². The van der Waals surface area contributed by atoms with Crippen molar-refractivity contribution in [2.75, 3.05) is 6.54 Å². The molecule has 0 atom stereocenters. The van der Waals surface area contributed by atoms with Crippen LogP contribution in [0.4, 0.5) is 13.2 Å². The highest BCUT2D eigenvalue weighted by Crippen LogP contribution is 2.25. The SMILES string of the molecule is Fc1cc(CNCC2CCC2)cc(F)c1F. The van der Waals surface area contributed by atoms with E-state index in [2.05, 4.69) is 5.32 Å². The number of benzene rings is 1. The maximum atomic E-state index is 12.9. The van der Waals surface area contributed by atoms with E-state index >= 15 is 0 Å². The van der Waals surface area contributed by atoms with E-state index in [9.17, 15) is 13.2 Å². The van der Waals surface area contributed by atoms with Crippen LogP contribution in [0.1, 0.15) is 24.8 Å². The molecule has 0 spiro atoms. The van der Waals surface area contributed by atoms with Crippen LogP contribution in [0.2, 0.25) is 0 Å². The molecule has 1 aliphatic rings. The molecular formula is C12H14F3N. The molecular weight excluding hydrogens is 215 g/mol. The van der Waals surface area contributed by atoms with E-state index in [1.54, 1.807) is 0 Å². The molecule has 0 aliphatic heterocycles. The number of nitrogens with one attached hydrogen (secondary N) is 1. The molecule has 1 nitrogen and oxygen atoms in total. The van der Waals surface area contributed by atoms with E-state index in [4.69, 9.17) is 0 Å². The Morgan fingerprint density at radius 1 is 1.12 bits per heavy atom. The standard InChI is InChI=1S/C12H14F3N/c13-10-4-9(5-11(14)12(10)15)7-16-6-8-2-1-3-8/h4-5,8,16H,1-3,6-7H2. The third-order valence-corrected chi connectivity index (χ3v) is 3.03. The van der Waals surface area contributed by atoms with E-state index < -0.39 is 17.5 Å². The van der Waals surface area contributed by atoms with Crippen molar-refractivity contribution in [3.05, 3.63) is 35.1 Å². The first kappa shape index (κ1) is 11.5. The van der Waals surface area contributed by atoms with Gasteiger partial charge < -0.3 is 5.32 Å². The lowest BCUT2D eigenvalue weighted by Gasteiger charge is -2.25. The molecule has 0 amide bonds. The summed E-state index contributed by atoms with van der Waals surface area (Å²) >= 11 is 0. The van der Waals surface area contributed by atoms with Crippen LogP contribution in [0.25, 0.3) is 0 Å². The monoisotopic (exact) mass is 229 g/mol. The van der Waals surface area contributed by atoms with Crippen molar-refractivity contribution in [3.63, 3.8) is 0 Å². The zero-order valence-corrected chi connectivity index (χ0v) is 8.90. The van der Waals surface area contributed by atoms with Gasteiger partial charge in [0.2, 0.25) is 0 Å². The van der Waals surface area contributed by atoms with Gasteiger partial charge in [0.05, 0.1) is 0 Å². The average Bonchev–Trinajstić information content (AvgIpc) is 2.18. The minimum absolute atomic E-state index is 0.380. The second-order valence-corrected chi connectivity index (χ2v) is 4.30. The third-order valence-electron chi connectivity index (χ3n) is 3.03. The molecule has 0 heterocycles. The van der Waals surface area contributed by atoms with Crippen LogP contribution in [0.5, 0.6) is 0 Å². The molecule has 1 fully saturated rings. The highest BCUT2D eigenvalue weighted by Gasteiger charge is 2.16. The first-order valence-electron chi connectivity index (χ1n) is 5.51. The molecule has 0 unspecified atom stereocenters. The fraction of sp³-hybridized carbons (Fsp3) is 0.500. The molecule has 88 valence electrons. The number of rotatable bonds is 4. The number of hydrogen-bond acceptors (Lipinski definition) is 1. The largest absolute Gasteiger partial charge is 0.312 e. The molecule has 2 rings (SSSR count). The predicted octanol–water partition coefficient (Wildman–Crippen LogP) is 2.99. The zero-order chi connectivity index (χ0) is 11.5. The van der Waals surface area contributed by atoms with Crippen molar-refractivity contribution < 1.29 is 13.2 Å². The molecule has 4 heteroatoms. The van der Waals surface area contributed by atoms with Gasteiger partial charge in [0.25, 0.3) is 0 Å². The summed E-state index contributed by atoms with van der Waals surface area (Å²) in [7, 11) is 0. The van der Waals surface area contributed by atoms with E-state index in [-0.39, 0.29) is 0 Å². The molecule has 1 N–H and O–H groups in total. The number of halogens is 3. The van der Waals surface area contributed by atoms with Crippen molar-refractivity contribution in [1.82, 2.24) is 5.32 Å². The first-order valence-corrected chi connectivity index (χ1v) is 5.51. The fourth-order valence-corrected chi connectivity index (χ4v) is 1.83. The normalized spacial score (nSPS) is 16.2. The highest BCUT2D eigenvalue weighted by atomic mass is 19.2. The van der Waals surface area contributed by atoms with Gasteiger partial charge in [-0.05, 0) is 43.0 Å². The third kappa shape index (κ3) is 2.55. The van der Waals surface area contributed by atoms with Gasteiger partial charge in [-0.15, -0.1) is 0 Å². The number of hydrogen-bond donors (Lipinski definition) is 1. The Morgan fingerprint density at radius 3 is 2.25 bits per heavy atom. The Balaban J connectivity index is 1.88. The zero-order valence-electron chi connectivity index (χ0n) is 8.90. The lowest BCUT2D eigenvalue weighted by molar-refractivity contribution is 0.301. The molecule has 16 heavy (non-hydrogen) atoms. The van der Waals surface area contributed by atoms with Crippen molar-refractivity contribution in [2.45, 2.75) is 25.8 Å². The van der Waals surface area contributed by atoms with Crippen LogP contribution < -0.4 is 5.32 Å². The van der Waals surface area contributed by atoms with Crippen LogP contribution in [0.15, 0.2) is 12.1 Å². The predicted molar refractivity (Wildman–Crippen MR) is 55.4 cm³/mol. The average molecular weight is 229 g/mol. The summed E-state index contributed by atoms with van der Waals surface area (Å²) in [5.74, 6) is -2.96. The quantitative estimate of drug-likeness (QED) is 0.782. The Bertz CT molecular complexity index is 352. The van der Waals surface area contributed by atoms with Crippen molar-refractivity contribution in [1.29, 1.82) is 0 Å². The lowest BCUT2D eigenvalue weighted by Crippen LogP contribution is -2.27. The minimum atomic E-state index is -1.40. The molecule has 1 saturated carbocycles. The van der Waals surface area contributed by atoms with Crippen LogP contribution >= 0.6 is 0 Å². The molecule has 0 radical (unpaired) electrons. The van der Waals surface area contributed by atoms with E-state index in [0.29, 0.717) is 18.0 Å². The molecule has 0 bridgehead atoms. The second kappa shape index (κ2) is 4.87. The maximum Gasteiger partial charge on any atom is 0.194 e. The van der Waals surface area contributed by atoms with E-state index in [0.717, 1.165) is 18.7 Å². The van der Waals surface area contributed by atoms with Gasteiger partial charge in [0.15, 0.2) is 17.5 Å². The van der Waals surface area contributed by atoms with Gasteiger partial charge in [-0.2, -0.15) is 0 Å². The van der Waals surface area contributed by atoms with Crippen molar-refractivity contribution >= 4 is 0 Å². The van der Waals surface area contributed by atoms with Gasteiger partial charge >= 0.3 is 0 Å². The molecule has 0 aromatic heterocycles. The van der Waals surface area contributed by atoms with Crippen LogP contribution in [0, 0.1) is 23.4 Å². The topological polar surface area (TPSA) is 12.0 Å². The Labute approximate surface area is 92.7 Å². The Morgan fingerprint density at radius 2 is 1.75 bits per heavy atom. The minimum Gasteiger partial charge on any atom is -0.312 e. The summed E-state index contributed by atoms with van der Waals surface area (Å²) in [5.41, 5.74) is 0.440. The van der Waals surface area contributed by atoms with Crippen molar-refractivity contribution in [2.24, 2.45) is 5.92 Å². The van der Waals surface area contributed by atoms with Crippen LogP contribution in [-0.2, 0) is 6.54 Å². The van der Waals surface area contributed by atoms with Gasteiger partial charge in [-0.3, -0.25) is 0 Å². The van der Waals surface area contributed by atoms with E-state index in [1.165, 1.54) is 19.3 Å². The fourth-order valence-electron chi connectivity index (χ4n) is 1.83. The summed E-state index contributed by atoms with van der Waals surface area (Å²) in [4.78, 5) is 0. The summed E-state index contributed by atoms with van der Waals surface area (Å²) < 4.78 is 38.4. The lowest BCUT2D eigenvalue weighted by atomic mass is 9.85. The summed E-state index contributed by atoms with van der Waals surface area (Å²) in [6.45, 7) is 1.24. The Kier molecular flexibility index (Phi) is 3.49.